The summed E-state index contributed by atoms with van der Waals surface area (Å²) in [6.07, 6.45) is 6.07. The van der Waals surface area contributed by atoms with Crippen LogP contribution in [-0.2, 0) is 6.42 Å². The Morgan fingerprint density at radius 3 is 2.42 bits per heavy atom. The van der Waals surface area contributed by atoms with Crippen molar-refractivity contribution < 1.29 is 5.11 Å². The summed E-state index contributed by atoms with van der Waals surface area (Å²) < 4.78 is 0. The fourth-order valence-electron chi connectivity index (χ4n) is 2.12. The van der Waals surface area contributed by atoms with Gasteiger partial charge in [0.15, 0.2) is 5.82 Å². The maximum Gasteiger partial charge on any atom is 0.159 e. The molecule has 0 fully saturated rings. The molecule has 19 heavy (non-hydrogen) atoms. The first-order valence-electron chi connectivity index (χ1n) is 6.84. The van der Waals surface area contributed by atoms with Gasteiger partial charge >= 0.3 is 0 Å². The van der Waals surface area contributed by atoms with Gasteiger partial charge < -0.3 is 5.11 Å². The van der Waals surface area contributed by atoms with Gasteiger partial charge in [-0.3, -0.25) is 0 Å². The first kappa shape index (κ1) is 13.7. The molecule has 0 amide bonds. The molecule has 1 N–H and O–H groups in total. The van der Waals surface area contributed by atoms with E-state index in [0.717, 1.165) is 29.5 Å². The predicted octanol–water partition coefficient (Wildman–Crippen LogP) is 3.54. The van der Waals surface area contributed by atoms with E-state index in [9.17, 15) is 5.11 Å². The minimum atomic E-state index is -0.463. The molecule has 3 nitrogen and oxygen atoms in total. The van der Waals surface area contributed by atoms with Gasteiger partial charge in [-0.15, -0.1) is 0 Å². The largest absolute Gasteiger partial charge is 0.388 e. The molecule has 1 heterocycles. The van der Waals surface area contributed by atoms with Gasteiger partial charge in [-0.25, -0.2) is 9.97 Å². The number of benzene rings is 1. The second kappa shape index (κ2) is 6.43. The summed E-state index contributed by atoms with van der Waals surface area (Å²) >= 11 is 0. The lowest BCUT2D eigenvalue weighted by atomic mass is 10.00. The normalized spacial score (nSPS) is 12.4. The van der Waals surface area contributed by atoms with Gasteiger partial charge in [0.1, 0.15) is 0 Å². The summed E-state index contributed by atoms with van der Waals surface area (Å²) in [5, 5.41) is 10.1. The van der Waals surface area contributed by atoms with Crippen molar-refractivity contribution in [2.45, 2.75) is 39.2 Å². The predicted molar refractivity (Wildman–Crippen MR) is 76.7 cm³/mol. The average molecular weight is 256 g/mol. The molecule has 100 valence electrons. The van der Waals surface area contributed by atoms with Crippen LogP contribution in [0.25, 0.3) is 11.4 Å². The third kappa shape index (κ3) is 3.18. The summed E-state index contributed by atoms with van der Waals surface area (Å²) in [6, 6.07) is 7.78. The fraction of sp³-hybridized carbons (Fsp3) is 0.375. The highest BCUT2D eigenvalue weighted by Crippen LogP contribution is 2.27. The second-order valence-electron chi connectivity index (χ2n) is 4.68. The number of aryl methyl sites for hydroxylation is 1. The molecule has 0 saturated carbocycles. The molecule has 1 atom stereocenters. The van der Waals surface area contributed by atoms with Crippen LogP contribution in [0.15, 0.2) is 36.7 Å². The SMILES string of the molecule is CCCc1cnc(-c2ccccc2C(O)CC)nc1. The number of nitrogens with zero attached hydrogens (tertiary/aromatic N) is 2. The van der Waals surface area contributed by atoms with Crippen LogP contribution in [0, 0.1) is 0 Å². The maximum atomic E-state index is 10.1. The Hall–Kier alpha value is -1.74. The van der Waals surface area contributed by atoms with E-state index in [1.807, 2.05) is 43.6 Å². The summed E-state index contributed by atoms with van der Waals surface area (Å²) in [6.45, 7) is 4.10. The van der Waals surface area contributed by atoms with E-state index < -0.39 is 6.10 Å². The number of aliphatic hydroxyl groups excluding tert-OH is 1. The van der Waals surface area contributed by atoms with Crippen molar-refractivity contribution in [3.8, 4) is 11.4 Å². The van der Waals surface area contributed by atoms with Gasteiger partial charge in [0.05, 0.1) is 6.10 Å². The van der Waals surface area contributed by atoms with Gasteiger partial charge in [-0.05, 0) is 24.0 Å². The number of aliphatic hydroxyl groups is 1. The fourth-order valence-corrected chi connectivity index (χ4v) is 2.12. The lowest BCUT2D eigenvalue weighted by molar-refractivity contribution is 0.174. The molecule has 0 spiro atoms. The molecule has 3 heteroatoms. The summed E-state index contributed by atoms with van der Waals surface area (Å²) in [5.74, 6) is 0.683. The van der Waals surface area contributed by atoms with Gasteiger partial charge in [-0.1, -0.05) is 44.5 Å². The van der Waals surface area contributed by atoms with Crippen LogP contribution in [-0.4, -0.2) is 15.1 Å². The van der Waals surface area contributed by atoms with Gasteiger partial charge in [0.2, 0.25) is 0 Å². The van der Waals surface area contributed by atoms with Crippen molar-refractivity contribution in [1.29, 1.82) is 0 Å². The van der Waals surface area contributed by atoms with Gasteiger partial charge in [0.25, 0.3) is 0 Å². The average Bonchev–Trinajstić information content (AvgIpc) is 2.47. The Morgan fingerprint density at radius 2 is 1.79 bits per heavy atom. The van der Waals surface area contributed by atoms with E-state index in [1.165, 1.54) is 0 Å². The quantitative estimate of drug-likeness (QED) is 0.890. The minimum absolute atomic E-state index is 0.463. The highest BCUT2D eigenvalue weighted by Gasteiger charge is 2.13. The monoisotopic (exact) mass is 256 g/mol. The van der Waals surface area contributed by atoms with E-state index in [4.69, 9.17) is 0 Å². The van der Waals surface area contributed by atoms with E-state index in [0.29, 0.717) is 12.2 Å². The van der Waals surface area contributed by atoms with Crippen molar-refractivity contribution in [2.75, 3.05) is 0 Å². The van der Waals surface area contributed by atoms with Crippen LogP contribution in [0.1, 0.15) is 43.9 Å². The summed E-state index contributed by atoms with van der Waals surface area (Å²) in [5.41, 5.74) is 2.97. The maximum absolute atomic E-state index is 10.1. The van der Waals surface area contributed by atoms with Crippen LogP contribution >= 0.6 is 0 Å². The molecular weight excluding hydrogens is 236 g/mol. The van der Waals surface area contributed by atoms with Crippen molar-refractivity contribution in [1.82, 2.24) is 9.97 Å². The molecule has 1 aromatic heterocycles. The van der Waals surface area contributed by atoms with E-state index in [1.54, 1.807) is 0 Å². The van der Waals surface area contributed by atoms with Crippen LogP contribution < -0.4 is 0 Å². The Bertz CT molecular complexity index is 523. The molecule has 2 rings (SSSR count). The van der Waals surface area contributed by atoms with Gasteiger partial charge in [0, 0.05) is 18.0 Å². The van der Waals surface area contributed by atoms with Crippen LogP contribution in [0.5, 0.6) is 0 Å². The third-order valence-corrected chi connectivity index (χ3v) is 3.19. The molecular formula is C16H20N2O. The lowest BCUT2D eigenvalue weighted by Crippen LogP contribution is -2.00. The van der Waals surface area contributed by atoms with E-state index in [2.05, 4.69) is 16.9 Å². The molecule has 0 radical (unpaired) electrons. The molecule has 1 aromatic carbocycles. The number of hydrogen-bond acceptors (Lipinski definition) is 3. The first-order valence-corrected chi connectivity index (χ1v) is 6.84. The Morgan fingerprint density at radius 1 is 1.11 bits per heavy atom. The zero-order valence-corrected chi connectivity index (χ0v) is 11.5. The third-order valence-electron chi connectivity index (χ3n) is 3.19. The molecule has 2 aromatic rings. The van der Waals surface area contributed by atoms with Crippen molar-refractivity contribution in [3.05, 3.63) is 47.8 Å². The minimum Gasteiger partial charge on any atom is -0.388 e. The Labute approximate surface area is 114 Å². The van der Waals surface area contributed by atoms with Crippen LogP contribution in [0.2, 0.25) is 0 Å². The smallest absolute Gasteiger partial charge is 0.159 e. The van der Waals surface area contributed by atoms with E-state index >= 15 is 0 Å². The standard InChI is InChI=1S/C16H20N2O/c1-3-7-12-10-17-16(18-11-12)14-9-6-5-8-13(14)15(19)4-2/h5-6,8-11,15,19H,3-4,7H2,1-2H3. The molecule has 0 saturated heterocycles. The topological polar surface area (TPSA) is 46.0 Å². The zero-order chi connectivity index (χ0) is 13.7. The number of rotatable bonds is 5. The summed E-state index contributed by atoms with van der Waals surface area (Å²) in [4.78, 5) is 8.85. The zero-order valence-electron chi connectivity index (χ0n) is 11.5. The van der Waals surface area contributed by atoms with Gasteiger partial charge in [-0.2, -0.15) is 0 Å². The molecule has 0 aliphatic heterocycles. The Balaban J connectivity index is 2.35. The first-order chi connectivity index (χ1) is 9.26. The lowest BCUT2D eigenvalue weighted by Gasteiger charge is -2.13. The molecule has 0 aliphatic rings. The summed E-state index contributed by atoms with van der Waals surface area (Å²) in [7, 11) is 0. The van der Waals surface area contributed by atoms with Crippen LogP contribution in [0.3, 0.4) is 0 Å². The molecule has 1 unspecified atom stereocenters. The van der Waals surface area contributed by atoms with E-state index in [-0.39, 0.29) is 0 Å². The highest BCUT2D eigenvalue weighted by atomic mass is 16.3. The number of aromatic nitrogens is 2. The second-order valence-corrected chi connectivity index (χ2v) is 4.68. The number of hydrogen-bond donors (Lipinski definition) is 1. The molecule has 0 bridgehead atoms. The van der Waals surface area contributed by atoms with Crippen molar-refractivity contribution >= 4 is 0 Å². The van der Waals surface area contributed by atoms with Crippen molar-refractivity contribution in [3.63, 3.8) is 0 Å². The Kier molecular flexibility index (Phi) is 4.63. The van der Waals surface area contributed by atoms with Crippen molar-refractivity contribution in [2.24, 2.45) is 0 Å². The highest BCUT2D eigenvalue weighted by molar-refractivity contribution is 5.60. The van der Waals surface area contributed by atoms with Crippen LogP contribution in [0.4, 0.5) is 0 Å². The molecule has 0 aliphatic carbocycles.